The Morgan fingerprint density at radius 1 is 1.67 bits per heavy atom. The molecule has 2 aliphatic carbocycles. The molecule has 0 spiro atoms. The molecule has 0 aromatic carbocycles. The van der Waals surface area contributed by atoms with Gasteiger partial charge in [-0.1, -0.05) is 29.9 Å². The summed E-state index contributed by atoms with van der Waals surface area (Å²) in [5.41, 5.74) is 1.84. The van der Waals surface area contributed by atoms with Gasteiger partial charge >= 0.3 is 0 Å². The first-order chi connectivity index (χ1) is 4.35. The van der Waals surface area contributed by atoms with Crippen molar-refractivity contribution in [3.05, 3.63) is 36.5 Å². The maximum Gasteiger partial charge on any atom is 0.0136 e. The Morgan fingerprint density at radius 3 is 2.78 bits per heavy atom. The maximum atomic E-state index is 3.83. The lowest BCUT2D eigenvalue weighted by molar-refractivity contribution is 0.549. The Morgan fingerprint density at radius 2 is 2.56 bits per heavy atom. The first-order valence-corrected chi connectivity index (χ1v) is 3.37. The molecule has 2 aliphatic rings. The third-order valence-corrected chi connectivity index (χ3v) is 2.31. The van der Waals surface area contributed by atoms with Gasteiger partial charge in [0.2, 0.25) is 0 Å². The second-order valence-corrected chi connectivity index (χ2v) is 2.93. The predicted octanol–water partition coefficient (Wildman–Crippen LogP) is 2.45. The van der Waals surface area contributed by atoms with Gasteiger partial charge in [0.15, 0.2) is 0 Å². The van der Waals surface area contributed by atoms with Crippen molar-refractivity contribution < 1.29 is 0 Å². The van der Waals surface area contributed by atoms with Gasteiger partial charge in [-0.05, 0) is 12.8 Å². The zero-order valence-electron chi connectivity index (χ0n) is 5.43. The van der Waals surface area contributed by atoms with Crippen molar-refractivity contribution in [2.75, 3.05) is 0 Å². The highest BCUT2D eigenvalue weighted by atomic mass is 14.4. The summed E-state index contributed by atoms with van der Waals surface area (Å²) in [6.07, 6.45) is 11.3. The van der Waals surface area contributed by atoms with Gasteiger partial charge in [0.1, 0.15) is 0 Å². The molecule has 0 aromatic heterocycles. The molecule has 0 aliphatic heterocycles. The van der Waals surface area contributed by atoms with Crippen LogP contribution in [0, 0.1) is 5.41 Å². The lowest BCUT2D eigenvalue weighted by Crippen LogP contribution is -2.05. The van der Waals surface area contributed by atoms with E-state index >= 15 is 0 Å². The molecular weight excluding hydrogens is 108 g/mol. The molecule has 0 aromatic rings. The maximum absolute atomic E-state index is 3.83. The second-order valence-electron chi connectivity index (χ2n) is 2.93. The number of fused-ring (bicyclic) bond motifs is 2. The molecule has 46 valence electrons. The van der Waals surface area contributed by atoms with Crippen LogP contribution in [0.2, 0.25) is 0 Å². The molecule has 0 heterocycles. The van der Waals surface area contributed by atoms with Gasteiger partial charge in [0, 0.05) is 5.41 Å². The standard InChI is InChI=1S/C9H10/c1-2-9-5-3-8(7-9)4-6-9/h2-5H,1,6-7H2. The van der Waals surface area contributed by atoms with Crippen LogP contribution in [0.1, 0.15) is 12.8 Å². The zero-order chi connectivity index (χ0) is 6.32. The van der Waals surface area contributed by atoms with Crippen LogP contribution in [0.5, 0.6) is 0 Å². The van der Waals surface area contributed by atoms with Crippen LogP contribution < -0.4 is 0 Å². The minimum atomic E-state index is 0.343. The monoisotopic (exact) mass is 118 g/mol. The average Bonchev–Trinajstić information content (AvgIpc) is 2.46. The third-order valence-electron chi connectivity index (χ3n) is 2.31. The van der Waals surface area contributed by atoms with Crippen LogP contribution in [0.15, 0.2) is 36.5 Å². The van der Waals surface area contributed by atoms with Crippen molar-refractivity contribution in [3.8, 4) is 0 Å². The summed E-state index contributed by atoms with van der Waals surface area (Å²) in [4.78, 5) is 0. The molecule has 1 unspecified atom stereocenters. The lowest BCUT2D eigenvalue weighted by atomic mass is 9.88. The molecule has 0 heteroatoms. The van der Waals surface area contributed by atoms with E-state index in [1.165, 1.54) is 18.4 Å². The van der Waals surface area contributed by atoms with Crippen LogP contribution in [0.25, 0.3) is 0 Å². The minimum absolute atomic E-state index is 0.343. The summed E-state index contributed by atoms with van der Waals surface area (Å²) in [5.74, 6) is 0. The number of hydrogen-bond acceptors (Lipinski definition) is 0. The molecule has 0 saturated heterocycles. The van der Waals surface area contributed by atoms with Crippen molar-refractivity contribution in [1.29, 1.82) is 0 Å². The fraction of sp³-hybridized carbons (Fsp3) is 0.333. The van der Waals surface area contributed by atoms with Crippen molar-refractivity contribution in [3.63, 3.8) is 0 Å². The van der Waals surface area contributed by atoms with E-state index in [1.54, 1.807) is 0 Å². The van der Waals surface area contributed by atoms with Gasteiger partial charge in [-0.25, -0.2) is 0 Å². The van der Waals surface area contributed by atoms with Gasteiger partial charge in [-0.2, -0.15) is 0 Å². The fourth-order valence-corrected chi connectivity index (χ4v) is 1.60. The highest BCUT2D eigenvalue weighted by molar-refractivity contribution is 5.39. The Labute approximate surface area is 55.6 Å². The fourth-order valence-electron chi connectivity index (χ4n) is 1.60. The van der Waals surface area contributed by atoms with E-state index < -0.39 is 0 Å². The van der Waals surface area contributed by atoms with Crippen LogP contribution >= 0.6 is 0 Å². The topological polar surface area (TPSA) is 0 Å². The summed E-state index contributed by atoms with van der Waals surface area (Å²) in [6, 6.07) is 0. The summed E-state index contributed by atoms with van der Waals surface area (Å²) >= 11 is 0. The molecule has 9 heavy (non-hydrogen) atoms. The van der Waals surface area contributed by atoms with Crippen molar-refractivity contribution in [2.45, 2.75) is 12.8 Å². The van der Waals surface area contributed by atoms with Gasteiger partial charge < -0.3 is 0 Å². The van der Waals surface area contributed by atoms with Crippen molar-refractivity contribution in [1.82, 2.24) is 0 Å². The van der Waals surface area contributed by atoms with E-state index in [0.29, 0.717) is 5.41 Å². The molecule has 1 atom stereocenters. The molecule has 0 fully saturated rings. The van der Waals surface area contributed by atoms with Gasteiger partial charge in [-0.15, -0.1) is 6.58 Å². The first kappa shape index (κ1) is 5.04. The van der Waals surface area contributed by atoms with Gasteiger partial charge in [-0.3, -0.25) is 0 Å². The predicted molar refractivity (Wildman–Crippen MR) is 39.1 cm³/mol. The molecule has 0 saturated carbocycles. The second kappa shape index (κ2) is 1.38. The SMILES string of the molecule is C=CC12C=CC(=CC1)C2. The van der Waals surface area contributed by atoms with Crippen LogP contribution in [-0.2, 0) is 0 Å². The number of hydrogen-bond donors (Lipinski definition) is 0. The Balaban J connectivity index is 2.41. The summed E-state index contributed by atoms with van der Waals surface area (Å²) in [7, 11) is 0. The van der Waals surface area contributed by atoms with Gasteiger partial charge in [0.25, 0.3) is 0 Å². The molecule has 2 bridgehead atoms. The van der Waals surface area contributed by atoms with E-state index in [0.717, 1.165) is 0 Å². The molecule has 2 rings (SSSR count). The number of rotatable bonds is 1. The summed E-state index contributed by atoms with van der Waals surface area (Å²) < 4.78 is 0. The van der Waals surface area contributed by atoms with E-state index in [9.17, 15) is 0 Å². The quantitative estimate of drug-likeness (QED) is 0.464. The number of allylic oxidation sites excluding steroid dienone is 5. The lowest BCUT2D eigenvalue weighted by Gasteiger charge is -2.15. The van der Waals surface area contributed by atoms with Gasteiger partial charge in [0.05, 0.1) is 0 Å². The summed E-state index contributed by atoms with van der Waals surface area (Å²) in [5, 5.41) is 0. The first-order valence-electron chi connectivity index (χ1n) is 3.37. The van der Waals surface area contributed by atoms with E-state index in [1.807, 2.05) is 0 Å². The minimum Gasteiger partial charge on any atom is -0.102 e. The van der Waals surface area contributed by atoms with E-state index in [-0.39, 0.29) is 0 Å². The normalized spacial score (nSPS) is 37.1. The van der Waals surface area contributed by atoms with Crippen molar-refractivity contribution >= 4 is 0 Å². The van der Waals surface area contributed by atoms with Crippen LogP contribution in [-0.4, -0.2) is 0 Å². The highest BCUT2D eigenvalue weighted by Gasteiger charge is 2.32. The van der Waals surface area contributed by atoms with Crippen LogP contribution in [0.4, 0.5) is 0 Å². The molecule has 0 radical (unpaired) electrons. The van der Waals surface area contributed by atoms with Crippen molar-refractivity contribution in [2.24, 2.45) is 5.41 Å². The zero-order valence-corrected chi connectivity index (χ0v) is 5.43. The molecule has 0 amide bonds. The average molecular weight is 118 g/mol. The van der Waals surface area contributed by atoms with Crippen LogP contribution in [0.3, 0.4) is 0 Å². The van der Waals surface area contributed by atoms with E-state index in [4.69, 9.17) is 0 Å². The molecule has 0 nitrogen and oxygen atoms in total. The smallest absolute Gasteiger partial charge is 0.0136 e. The van der Waals surface area contributed by atoms with E-state index in [2.05, 4.69) is 30.9 Å². The molecule has 0 N–H and O–H groups in total. The third kappa shape index (κ3) is 0.533. The summed E-state index contributed by atoms with van der Waals surface area (Å²) in [6.45, 7) is 3.83. The molecular formula is C9H10. The Kier molecular flexibility index (Phi) is 0.774. The highest BCUT2D eigenvalue weighted by Crippen LogP contribution is 2.45. The Hall–Kier alpha value is -0.780. The largest absolute Gasteiger partial charge is 0.102 e. The Bertz CT molecular complexity index is 208.